The second-order valence-corrected chi connectivity index (χ2v) is 7.87. The van der Waals surface area contributed by atoms with E-state index in [-0.39, 0.29) is 29.5 Å². The molecule has 1 N–H and O–H groups in total. The minimum absolute atomic E-state index is 0.00298. The van der Waals surface area contributed by atoms with Crippen LogP contribution in [-0.4, -0.2) is 57.0 Å². The molecule has 2 radical (unpaired) electrons. The van der Waals surface area contributed by atoms with Crippen LogP contribution in [0.2, 0.25) is 0 Å². The fourth-order valence-electron chi connectivity index (χ4n) is 1.90. The summed E-state index contributed by atoms with van der Waals surface area (Å²) in [5.74, 6) is 0. The first kappa shape index (κ1) is 16.8. The molecule has 0 unspecified atom stereocenters. The Balaban J connectivity index is 1.91. The number of likely N-dealkylation sites (tertiary alicyclic amines) is 1. The molecule has 7 nitrogen and oxygen atoms in total. The number of rotatable bonds is 3. The number of aromatic nitrogens is 1. The summed E-state index contributed by atoms with van der Waals surface area (Å²) in [6.07, 6.45) is 2.14. The molecular weight excluding hydrogens is 305 g/mol. The number of nitrogens with one attached hydrogen (secondary N) is 1. The number of amides is 1. The molecule has 1 aromatic rings. The van der Waals surface area contributed by atoms with Crippen molar-refractivity contribution in [1.29, 1.82) is 0 Å². The zero-order valence-electron chi connectivity index (χ0n) is 12.7. The number of pyridine rings is 1. The van der Waals surface area contributed by atoms with Crippen molar-refractivity contribution in [3.63, 3.8) is 0 Å². The molecule has 22 heavy (non-hydrogen) atoms. The van der Waals surface area contributed by atoms with Gasteiger partial charge in [-0.15, -0.1) is 0 Å². The molecule has 0 spiro atoms. The van der Waals surface area contributed by atoms with E-state index in [2.05, 4.69) is 9.71 Å². The number of nitrogens with zero attached hydrogens (tertiary/aromatic N) is 2. The second kappa shape index (κ2) is 5.88. The largest absolute Gasteiger partial charge is 0.444 e. The first-order chi connectivity index (χ1) is 10.1. The highest BCUT2D eigenvalue weighted by Gasteiger charge is 2.36. The number of carbonyl (C=O) groups is 1. The number of hydrogen-bond acceptors (Lipinski definition) is 5. The molecule has 1 amide bonds. The van der Waals surface area contributed by atoms with Gasteiger partial charge in [-0.05, 0) is 26.8 Å². The summed E-state index contributed by atoms with van der Waals surface area (Å²) in [7, 11) is 1.83. The van der Waals surface area contributed by atoms with Crippen LogP contribution in [0.4, 0.5) is 4.79 Å². The van der Waals surface area contributed by atoms with Gasteiger partial charge in [0.1, 0.15) is 13.4 Å². The lowest BCUT2D eigenvalue weighted by Gasteiger charge is -2.39. The number of carbonyl (C=O) groups excluding carboxylic acids is 1. The van der Waals surface area contributed by atoms with Crippen LogP contribution in [0.3, 0.4) is 0 Å². The summed E-state index contributed by atoms with van der Waals surface area (Å²) in [6, 6.07) is 0.985. The third-order valence-corrected chi connectivity index (χ3v) is 4.39. The molecule has 0 aliphatic carbocycles. The molecule has 1 aromatic heterocycles. The lowest BCUT2D eigenvalue weighted by atomic mass is 9.99. The molecule has 0 bridgehead atoms. The highest BCUT2D eigenvalue weighted by molar-refractivity contribution is 7.89. The van der Waals surface area contributed by atoms with Crippen LogP contribution in [0.15, 0.2) is 23.4 Å². The minimum atomic E-state index is -3.70. The van der Waals surface area contributed by atoms with Gasteiger partial charge in [-0.2, -0.15) is 0 Å². The summed E-state index contributed by atoms with van der Waals surface area (Å²) in [5.41, 5.74) is -0.304. The van der Waals surface area contributed by atoms with E-state index < -0.39 is 21.7 Å². The first-order valence-corrected chi connectivity index (χ1v) is 8.26. The Morgan fingerprint density at radius 3 is 2.59 bits per heavy atom. The van der Waals surface area contributed by atoms with Crippen molar-refractivity contribution in [3.8, 4) is 0 Å². The van der Waals surface area contributed by atoms with E-state index in [1.807, 2.05) is 0 Å². The molecule has 0 atom stereocenters. The fraction of sp³-hybridized carbons (Fsp3) is 0.538. The Bertz CT molecular complexity index is 666. The van der Waals surface area contributed by atoms with Gasteiger partial charge in [-0.3, -0.25) is 4.98 Å². The van der Waals surface area contributed by atoms with Gasteiger partial charge < -0.3 is 9.64 Å². The van der Waals surface area contributed by atoms with E-state index in [9.17, 15) is 13.2 Å². The van der Waals surface area contributed by atoms with Gasteiger partial charge in [0.2, 0.25) is 10.0 Å². The third kappa shape index (κ3) is 4.20. The van der Waals surface area contributed by atoms with Crippen molar-refractivity contribution < 1.29 is 17.9 Å². The van der Waals surface area contributed by atoms with Crippen LogP contribution >= 0.6 is 0 Å². The van der Waals surface area contributed by atoms with Crippen LogP contribution in [0, 0.1) is 0 Å². The maximum Gasteiger partial charge on any atom is 0.410 e. The number of hydrogen-bond donors (Lipinski definition) is 1. The van der Waals surface area contributed by atoms with Crippen LogP contribution in [0.25, 0.3) is 0 Å². The van der Waals surface area contributed by atoms with Gasteiger partial charge in [0.15, 0.2) is 0 Å². The van der Waals surface area contributed by atoms with E-state index in [1.165, 1.54) is 23.4 Å². The lowest BCUT2D eigenvalue weighted by Crippen LogP contribution is -2.61. The second-order valence-electron chi connectivity index (χ2n) is 6.16. The SMILES string of the molecule is [B]c1cncc(S(=O)(=O)NC2CN(C(=O)OC(C)(C)C)C2)c1. The Morgan fingerprint density at radius 1 is 1.41 bits per heavy atom. The summed E-state index contributed by atoms with van der Waals surface area (Å²) >= 11 is 0. The van der Waals surface area contributed by atoms with Crippen LogP contribution in [-0.2, 0) is 14.8 Å². The van der Waals surface area contributed by atoms with E-state index in [0.717, 1.165) is 0 Å². The van der Waals surface area contributed by atoms with E-state index in [4.69, 9.17) is 12.6 Å². The monoisotopic (exact) mass is 323 g/mol. The Hall–Kier alpha value is -1.61. The van der Waals surface area contributed by atoms with Crippen LogP contribution in [0.5, 0.6) is 0 Å². The van der Waals surface area contributed by atoms with Crippen molar-refractivity contribution >= 4 is 29.4 Å². The predicted octanol–water partition coefficient (Wildman–Crippen LogP) is -0.227. The van der Waals surface area contributed by atoms with Crippen LogP contribution in [0.1, 0.15) is 20.8 Å². The predicted molar refractivity (Wildman–Crippen MR) is 81.5 cm³/mol. The zero-order valence-corrected chi connectivity index (χ0v) is 13.6. The third-order valence-electron chi connectivity index (χ3n) is 2.90. The van der Waals surface area contributed by atoms with Gasteiger partial charge in [0.25, 0.3) is 0 Å². The first-order valence-electron chi connectivity index (χ1n) is 6.77. The molecule has 1 saturated heterocycles. The van der Waals surface area contributed by atoms with Crippen molar-refractivity contribution in [2.24, 2.45) is 0 Å². The van der Waals surface area contributed by atoms with Crippen molar-refractivity contribution in [3.05, 3.63) is 18.5 Å². The summed E-state index contributed by atoms with van der Waals surface area (Å²) < 4.78 is 32.0. The lowest BCUT2D eigenvalue weighted by molar-refractivity contribution is 0.00738. The highest BCUT2D eigenvalue weighted by atomic mass is 32.2. The van der Waals surface area contributed by atoms with Gasteiger partial charge in [-0.25, -0.2) is 17.9 Å². The molecule has 1 fully saturated rings. The van der Waals surface area contributed by atoms with E-state index in [0.29, 0.717) is 0 Å². The number of ether oxygens (including phenoxy) is 1. The average Bonchev–Trinajstić information content (AvgIpc) is 2.31. The maximum atomic E-state index is 12.2. The van der Waals surface area contributed by atoms with Gasteiger partial charge in [0.05, 0.1) is 10.9 Å². The van der Waals surface area contributed by atoms with E-state index in [1.54, 1.807) is 20.8 Å². The van der Waals surface area contributed by atoms with Crippen LogP contribution < -0.4 is 10.2 Å². The minimum Gasteiger partial charge on any atom is -0.444 e. The summed E-state index contributed by atoms with van der Waals surface area (Å²) in [4.78, 5) is 17.0. The molecule has 0 saturated carbocycles. The quantitative estimate of drug-likeness (QED) is 0.777. The van der Waals surface area contributed by atoms with Crippen molar-refractivity contribution in [2.45, 2.75) is 37.3 Å². The molecule has 0 aromatic carbocycles. The summed E-state index contributed by atoms with van der Waals surface area (Å²) in [6.45, 7) is 5.86. The topological polar surface area (TPSA) is 88.6 Å². The normalized spacial score (nSPS) is 16.2. The molecular formula is C13H18BN3O4S. The molecule has 1 aliphatic heterocycles. The Kier molecular flexibility index (Phi) is 4.48. The highest BCUT2D eigenvalue weighted by Crippen LogP contribution is 2.16. The Morgan fingerprint density at radius 2 is 2.05 bits per heavy atom. The van der Waals surface area contributed by atoms with Gasteiger partial charge >= 0.3 is 6.09 Å². The maximum absolute atomic E-state index is 12.2. The molecule has 2 heterocycles. The average molecular weight is 323 g/mol. The Labute approximate surface area is 131 Å². The fourth-order valence-corrected chi connectivity index (χ4v) is 3.11. The van der Waals surface area contributed by atoms with Crippen molar-refractivity contribution in [1.82, 2.24) is 14.6 Å². The van der Waals surface area contributed by atoms with E-state index >= 15 is 0 Å². The summed E-state index contributed by atoms with van der Waals surface area (Å²) in [5, 5.41) is 0. The van der Waals surface area contributed by atoms with Crippen molar-refractivity contribution in [2.75, 3.05) is 13.1 Å². The molecule has 118 valence electrons. The molecule has 2 rings (SSSR count). The zero-order chi connectivity index (χ0) is 16.5. The standard InChI is InChI=1S/C13H18BN3O4S/c1-13(2,3)21-12(18)17-7-10(8-17)16-22(19,20)11-4-9(14)5-15-6-11/h4-6,10,16H,7-8H2,1-3H3. The molecule has 1 aliphatic rings. The smallest absolute Gasteiger partial charge is 0.410 e. The molecule has 9 heteroatoms. The number of sulfonamides is 1. The van der Waals surface area contributed by atoms with Gasteiger partial charge in [0, 0.05) is 25.5 Å². The van der Waals surface area contributed by atoms with Gasteiger partial charge in [-0.1, -0.05) is 5.46 Å².